The fourth-order valence-corrected chi connectivity index (χ4v) is 5.15. The van der Waals surface area contributed by atoms with Gasteiger partial charge in [-0.05, 0) is 65.9 Å². The molecule has 1 N–H and O–H groups in total. The van der Waals surface area contributed by atoms with Crippen LogP contribution in [0.15, 0.2) is 59.1 Å². The molecule has 0 radical (unpaired) electrons. The van der Waals surface area contributed by atoms with Crippen LogP contribution in [0.1, 0.15) is 58.8 Å². The van der Waals surface area contributed by atoms with Gasteiger partial charge in [-0.1, -0.05) is 48.0 Å². The van der Waals surface area contributed by atoms with Crippen LogP contribution < -0.4 is 14.4 Å². The van der Waals surface area contributed by atoms with Gasteiger partial charge < -0.3 is 19.5 Å². The minimum absolute atomic E-state index is 0.306. The first-order valence-corrected chi connectivity index (χ1v) is 12.8. The first kappa shape index (κ1) is 24.5. The van der Waals surface area contributed by atoms with Crippen molar-refractivity contribution in [2.45, 2.75) is 45.3 Å². The van der Waals surface area contributed by atoms with Crippen molar-refractivity contribution in [3.05, 3.63) is 86.9 Å². The number of carbonyl (C=O) groups is 2. The van der Waals surface area contributed by atoms with Gasteiger partial charge in [-0.2, -0.15) is 0 Å². The molecule has 0 fully saturated rings. The smallest absolute Gasteiger partial charge is 0.264 e. The van der Waals surface area contributed by atoms with E-state index in [1.165, 1.54) is 5.56 Å². The van der Waals surface area contributed by atoms with Crippen LogP contribution in [0.3, 0.4) is 0 Å². The van der Waals surface area contributed by atoms with E-state index >= 15 is 0 Å². The molecule has 3 aromatic rings. The van der Waals surface area contributed by atoms with Crippen LogP contribution >= 0.6 is 15.9 Å². The van der Waals surface area contributed by atoms with Gasteiger partial charge in [0.05, 0.1) is 18.7 Å². The van der Waals surface area contributed by atoms with Crippen molar-refractivity contribution < 1.29 is 24.2 Å². The number of rotatable bonds is 6. The van der Waals surface area contributed by atoms with Gasteiger partial charge in [0.2, 0.25) is 0 Å². The van der Waals surface area contributed by atoms with E-state index in [9.17, 15) is 14.7 Å². The van der Waals surface area contributed by atoms with Gasteiger partial charge in [-0.25, -0.2) is 0 Å². The molecule has 0 bridgehead atoms. The van der Waals surface area contributed by atoms with Gasteiger partial charge in [0, 0.05) is 15.6 Å². The minimum atomic E-state index is -1.98. The minimum Gasteiger partial charge on any atom is -0.486 e. The number of hydrogen-bond acceptors (Lipinski definition) is 5. The van der Waals surface area contributed by atoms with Crippen molar-refractivity contribution >= 4 is 33.3 Å². The Morgan fingerprint density at radius 3 is 2.56 bits per heavy atom. The van der Waals surface area contributed by atoms with E-state index in [2.05, 4.69) is 48.0 Å². The molecule has 0 aromatic heterocycles. The molecule has 5 rings (SSSR count). The van der Waals surface area contributed by atoms with E-state index < -0.39 is 11.5 Å². The maximum atomic E-state index is 13.8. The Bertz CT molecular complexity index is 1370. The topological polar surface area (TPSA) is 76.1 Å². The van der Waals surface area contributed by atoms with E-state index in [-0.39, 0.29) is 12.2 Å². The molecule has 7 heteroatoms. The Morgan fingerprint density at radius 1 is 1.06 bits per heavy atom. The Kier molecular flexibility index (Phi) is 6.39. The maximum absolute atomic E-state index is 13.8. The summed E-state index contributed by atoms with van der Waals surface area (Å²) in [5.41, 5.74) is 2.66. The number of benzene rings is 3. The number of anilines is 1. The van der Waals surface area contributed by atoms with Crippen LogP contribution in [0.25, 0.3) is 0 Å². The van der Waals surface area contributed by atoms with E-state index in [1.807, 2.05) is 19.1 Å². The van der Waals surface area contributed by atoms with Gasteiger partial charge in [0.1, 0.15) is 13.2 Å². The third-order valence-electron chi connectivity index (χ3n) is 6.94. The second kappa shape index (κ2) is 9.37. The molecule has 186 valence electrons. The third-order valence-corrected chi connectivity index (χ3v) is 7.44. The monoisotopic (exact) mass is 549 g/mol. The molecule has 2 aliphatic rings. The predicted molar refractivity (Wildman–Crippen MR) is 141 cm³/mol. The largest absolute Gasteiger partial charge is 0.486 e. The number of ether oxygens (including phenoxy) is 2. The summed E-state index contributed by atoms with van der Waals surface area (Å²) in [7, 11) is 0. The van der Waals surface area contributed by atoms with Gasteiger partial charge in [-0.15, -0.1) is 0 Å². The maximum Gasteiger partial charge on any atom is 0.264 e. The predicted octanol–water partition coefficient (Wildman–Crippen LogP) is 5.66. The van der Waals surface area contributed by atoms with Crippen LogP contribution in [0.2, 0.25) is 0 Å². The standard InChI is InChI=1S/C29H28BrNO5/c1-17(2)19-5-4-18(3)21(12-19)16-31-24-8-7-22(30)14-23(24)29(34,28(31)33)15-25(32)20-6-9-26-27(13-20)36-11-10-35-26/h4-9,12-14,17,34H,10-11,15-16H2,1-3H3. The number of fused-ring (bicyclic) bond motifs is 2. The van der Waals surface area contributed by atoms with Crippen LogP contribution in [0, 0.1) is 6.92 Å². The van der Waals surface area contributed by atoms with E-state index in [0.717, 1.165) is 15.6 Å². The summed E-state index contributed by atoms with van der Waals surface area (Å²) in [6, 6.07) is 16.6. The van der Waals surface area contributed by atoms with Crippen molar-refractivity contribution in [2.24, 2.45) is 0 Å². The number of aliphatic hydroxyl groups is 1. The number of amides is 1. The first-order chi connectivity index (χ1) is 17.2. The molecule has 0 aliphatic carbocycles. The highest BCUT2D eigenvalue weighted by Gasteiger charge is 2.51. The van der Waals surface area contributed by atoms with Gasteiger partial charge in [-0.3, -0.25) is 9.59 Å². The Hall–Kier alpha value is -3.16. The third kappa shape index (κ3) is 4.31. The Labute approximate surface area is 219 Å². The first-order valence-electron chi connectivity index (χ1n) is 12.0. The highest BCUT2D eigenvalue weighted by Crippen LogP contribution is 2.45. The van der Waals surface area contributed by atoms with Crippen molar-refractivity contribution in [3.8, 4) is 11.5 Å². The number of nitrogens with zero attached hydrogens (tertiary/aromatic N) is 1. The van der Waals surface area contributed by atoms with Crippen molar-refractivity contribution in [1.82, 2.24) is 0 Å². The summed E-state index contributed by atoms with van der Waals surface area (Å²) >= 11 is 3.46. The van der Waals surface area contributed by atoms with Crippen molar-refractivity contribution in [1.29, 1.82) is 0 Å². The average molecular weight is 550 g/mol. The fourth-order valence-electron chi connectivity index (χ4n) is 4.79. The average Bonchev–Trinajstić information content (AvgIpc) is 3.06. The van der Waals surface area contributed by atoms with Gasteiger partial charge >= 0.3 is 0 Å². The number of hydrogen-bond donors (Lipinski definition) is 1. The summed E-state index contributed by atoms with van der Waals surface area (Å²) < 4.78 is 11.9. The lowest BCUT2D eigenvalue weighted by atomic mass is 9.88. The normalized spacial score (nSPS) is 18.5. The lowest BCUT2D eigenvalue weighted by Gasteiger charge is -2.24. The summed E-state index contributed by atoms with van der Waals surface area (Å²) in [6.45, 7) is 7.44. The van der Waals surface area contributed by atoms with Crippen LogP contribution in [-0.4, -0.2) is 30.0 Å². The Balaban J connectivity index is 1.49. The Morgan fingerprint density at radius 2 is 1.81 bits per heavy atom. The molecular weight excluding hydrogens is 522 g/mol. The highest BCUT2D eigenvalue weighted by molar-refractivity contribution is 9.10. The molecule has 0 saturated carbocycles. The molecule has 2 aliphatic heterocycles. The lowest BCUT2D eigenvalue weighted by Crippen LogP contribution is -2.41. The van der Waals surface area contributed by atoms with Gasteiger partial charge in [0.15, 0.2) is 22.9 Å². The zero-order valence-electron chi connectivity index (χ0n) is 20.5. The molecule has 3 aromatic carbocycles. The zero-order chi connectivity index (χ0) is 25.6. The van der Waals surface area contributed by atoms with E-state index in [0.29, 0.717) is 54.0 Å². The molecule has 0 saturated heterocycles. The van der Waals surface area contributed by atoms with E-state index in [4.69, 9.17) is 9.47 Å². The molecule has 1 unspecified atom stereocenters. The summed E-state index contributed by atoms with van der Waals surface area (Å²) in [5, 5.41) is 11.8. The fraction of sp³-hybridized carbons (Fsp3) is 0.310. The molecule has 1 amide bonds. The molecular formula is C29H28BrNO5. The number of halogens is 1. The molecule has 2 heterocycles. The zero-order valence-corrected chi connectivity index (χ0v) is 22.1. The molecule has 0 spiro atoms. The number of ketones is 1. The number of Topliss-reactive ketones (excluding diaryl/α,β-unsaturated/α-hetero) is 1. The molecule has 1 atom stereocenters. The van der Waals surface area contributed by atoms with Crippen LogP contribution in [-0.2, 0) is 16.9 Å². The second-order valence-corrected chi connectivity index (χ2v) is 10.6. The number of aryl methyl sites for hydroxylation is 1. The highest BCUT2D eigenvalue weighted by atomic mass is 79.9. The summed E-state index contributed by atoms with van der Waals surface area (Å²) in [6.07, 6.45) is -0.379. The summed E-state index contributed by atoms with van der Waals surface area (Å²) in [4.78, 5) is 28.7. The summed E-state index contributed by atoms with van der Waals surface area (Å²) in [5.74, 6) is 0.557. The molecule has 36 heavy (non-hydrogen) atoms. The van der Waals surface area contributed by atoms with Crippen LogP contribution in [0.5, 0.6) is 11.5 Å². The van der Waals surface area contributed by atoms with Gasteiger partial charge in [0.25, 0.3) is 5.91 Å². The van der Waals surface area contributed by atoms with Crippen LogP contribution in [0.4, 0.5) is 5.69 Å². The quantitative estimate of drug-likeness (QED) is 0.401. The molecule has 6 nitrogen and oxygen atoms in total. The lowest BCUT2D eigenvalue weighted by molar-refractivity contribution is -0.136. The van der Waals surface area contributed by atoms with Crippen molar-refractivity contribution in [2.75, 3.05) is 18.1 Å². The van der Waals surface area contributed by atoms with Crippen molar-refractivity contribution in [3.63, 3.8) is 0 Å². The van der Waals surface area contributed by atoms with E-state index in [1.54, 1.807) is 29.2 Å². The number of carbonyl (C=O) groups excluding carboxylic acids is 2. The second-order valence-electron chi connectivity index (χ2n) is 9.71. The SMILES string of the molecule is Cc1ccc(C(C)C)cc1CN1C(=O)C(O)(CC(=O)c2ccc3c(c2)OCCO3)c2cc(Br)ccc21.